The van der Waals surface area contributed by atoms with E-state index in [0.29, 0.717) is 32.1 Å². The zero-order valence-electron chi connectivity index (χ0n) is 19.0. The van der Waals surface area contributed by atoms with Crippen molar-refractivity contribution in [3.63, 3.8) is 0 Å². The third kappa shape index (κ3) is 1.92. The van der Waals surface area contributed by atoms with E-state index in [1.54, 1.807) is 6.08 Å². The van der Waals surface area contributed by atoms with Crippen LogP contribution in [0.3, 0.4) is 0 Å². The molecule has 5 nitrogen and oxygen atoms in total. The number of aliphatic hydroxyl groups excluding tert-OH is 2. The Bertz CT molecular complexity index is 875. The number of ether oxygens (including phenoxy) is 1. The van der Waals surface area contributed by atoms with Gasteiger partial charge in [-0.1, -0.05) is 12.5 Å². The van der Waals surface area contributed by atoms with Crippen LogP contribution in [0, 0.1) is 34.5 Å². The van der Waals surface area contributed by atoms with Crippen LogP contribution in [-0.4, -0.2) is 40.8 Å². The first-order chi connectivity index (χ1) is 13.9. The number of rotatable bonds is 2. The standard InChI is InChI=1S/C21H28O5/c1-20-7-6-12(23)8-11(20)2-3-13-14-4-5-15(16(24)10-22)21(14)9-17(18(13)20)26-19(21)25/h8,13-15,17-19,22,25H,2-7,9-10H2,1H3/t13?,14?,15-,17+,18-,19?,20+,21-/m1/s1/i9D2,17D,18D. The van der Waals surface area contributed by atoms with E-state index in [0.717, 1.165) is 5.57 Å². The first-order valence-corrected chi connectivity index (χ1v) is 9.67. The van der Waals surface area contributed by atoms with Crippen LogP contribution in [-0.2, 0) is 14.3 Å². The number of Topliss-reactive ketones (excluding diaryl/α,β-unsaturated/α-hetero) is 1. The van der Waals surface area contributed by atoms with Gasteiger partial charge in [0.15, 0.2) is 17.9 Å². The molecule has 3 unspecified atom stereocenters. The summed E-state index contributed by atoms with van der Waals surface area (Å²) in [7, 11) is 0. The number of carbonyl (C=O) groups is 2. The van der Waals surface area contributed by atoms with Crippen molar-refractivity contribution in [2.75, 3.05) is 6.61 Å². The van der Waals surface area contributed by atoms with Crippen LogP contribution in [0.5, 0.6) is 0 Å². The average molecular weight is 364 g/mol. The first kappa shape index (κ1) is 13.2. The molecule has 0 radical (unpaired) electrons. The fourth-order valence-corrected chi connectivity index (χ4v) is 6.62. The van der Waals surface area contributed by atoms with Crippen molar-refractivity contribution in [2.45, 2.75) is 64.2 Å². The van der Waals surface area contributed by atoms with Gasteiger partial charge in [-0.25, -0.2) is 0 Å². The Labute approximate surface area is 159 Å². The molecule has 0 aromatic carbocycles. The lowest BCUT2D eigenvalue weighted by Gasteiger charge is -2.57. The first-order valence-electron chi connectivity index (χ1n) is 11.7. The van der Waals surface area contributed by atoms with Crippen molar-refractivity contribution in [1.29, 1.82) is 0 Å². The van der Waals surface area contributed by atoms with Crippen molar-refractivity contribution in [3.8, 4) is 0 Å². The molecular weight excluding hydrogens is 332 g/mol. The summed E-state index contributed by atoms with van der Waals surface area (Å²) in [6, 6.07) is 0. The topological polar surface area (TPSA) is 83.8 Å². The predicted molar refractivity (Wildman–Crippen MR) is 92.9 cm³/mol. The lowest BCUT2D eigenvalue weighted by molar-refractivity contribution is -0.160. The molecule has 0 aromatic rings. The lowest BCUT2D eigenvalue weighted by Crippen LogP contribution is -2.55. The van der Waals surface area contributed by atoms with Gasteiger partial charge in [0, 0.05) is 21.9 Å². The minimum Gasteiger partial charge on any atom is -0.389 e. The lowest BCUT2D eigenvalue weighted by atomic mass is 9.46. The number of carbonyl (C=O) groups excluding carboxylic acids is 2. The van der Waals surface area contributed by atoms with E-state index in [1.807, 2.05) is 6.92 Å². The molecule has 142 valence electrons. The van der Waals surface area contributed by atoms with Crippen molar-refractivity contribution in [2.24, 2.45) is 34.5 Å². The van der Waals surface area contributed by atoms with E-state index in [-0.39, 0.29) is 12.2 Å². The second-order valence-corrected chi connectivity index (χ2v) is 8.75. The van der Waals surface area contributed by atoms with Gasteiger partial charge in [-0.3, -0.25) is 9.59 Å². The molecule has 5 heteroatoms. The van der Waals surface area contributed by atoms with Crippen molar-refractivity contribution < 1.29 is 30.0 Å². The highest BCUT2D eigenvalue weighted by Gasteiger charge is 2.71. The van der Waals surface area contributed by atoms with Crippen LogP contribution < -0.4 is 0 Å². The minimum atomic E-state index is -2.48. The van der Waals surface area contributed by atoms with Gasteiger partial charge >= 0.3 is 0 Å². The summed E-state index contributed by atoms with van der Waals surface area (Å²) >= 11 is 0. The Morgan fingerprint density at radius 1 is 1.42 bits per heavy atom. The zero-order chi connectivity index (χ0) is 21.9. The predicted octanol–water partition coefficient (Wildman–Crippen LogP) is 2.00. The highest BCUT2D eigenvalue weighted by Crippen LogP contribution is 2.71. The Morgan fingerprint density at radius 2 is 2.23 bits per heavy atom. The van der Waals surface area contributed by atoms with E-state index < -0.39 is 65.6 Å². The summed E-state index contributed by atoms with van der Waals surface area (Å²) in [5, 5.41) is 20.6. The highest BCUT2D eigenvalue weighted by molar-refractivity contribution is 5.91. The third-order valence-electron chi connectivity index (χ3n) is 7.80. The Kier molecular flexibility index (Phi) is 2.79. The number of hydrogen-bond donors (Lipinski definition) is 2. The van der Waals surface area contributed by atoms with Gasteiger partial charge in [0.2, 0.25) is 0 Å². The van der Waals surface area contributed by atoms with Gasteiger partial charge in [-0.05, 0) is 67.7 Å². The van der Waals surface area contributed by atoms with Crippen LogP contribution in [0.25, 0.3) is 0 Å². The van der Waals surface area contributed by atoms with Crippen LogP contribution in [0.15, 0.2) is 11.6 Å². The molecule has 0 aromatic heterocycles. The van der Waals surface area contributed by atoms with Gasteiger partial charge in [-0.15, -0.1) is 0 Å². The van der Waals surface area contributed by atoms with Gasteiger partial charge in [0.05, 0.1) is 7.45 Å². The molecule has 1 heterocycles. The summed E-state index contributed by atoms with van der Waals surface area (Å²) in [4.78, 5) is 24.7. The van der Waals surface area contributed by atoms with Gasteiger partial charge in [0.25, 0.3) is 0 Å². The van der Waals surface area contributed by atoms with Gasteiger partial charge in [-0.2, -0.15) is 0 Å². The normalized spacial score (nSPS) is 62.0. The number of allylic oxidation sites excluding steroid dienone is 1. The Hall–Kier alpha value is -1.04. The molecule has 1 aliphatic heterocycles. The molecular formula is C21H28O5. The fraction of sp³-hybridized carbons (Fsp3) is 0.810. The maximum Gasteiger partial charge on any atom is 0.162 e. The molecule has 0 amide bonds. The van der Waals surface area contributed by atoms with Gasteiger partial charge < -0.3 is 14.9 Å². The minimum absolute atomic E-state index is 0.0152. The molecule has 8 atom stereocenters. The maximum atomic E-state index is 12.6. The molecule has 1 saturated heterocycles. The average Bonchev–Trinajstić information content (AvgIpc) is 3.14. The van der Waals surface area contributed by atoms with Crippen LogP contribution in [0.2, 0.25) is 0 Å². The summed E-state index contributed by atoms with van der Waals surface area (Å²) in [5.74, 6) is -4.21. The van der Waals surface area contributed by atoms with Crippen molar-refractivity contribution in [3.05, 3.63) is 11.6 Å². The number of hydrogen-bond acceptors (Lipinski definition) is 5. The van der Waals surface area contributed by atoms with Crippen molar-refractivity contribution >= 4 is 11.6 Å². The fourth-order valence-electron chi connectivity index (χ4n) is 6.62. The van der Waals surface area contributed by atoms with Crippen LogP contribution in [0.4, 0.5) is 0 Å². The molecule has 4 fully saturated rings. The second-order valence-electron chi connectivity index (χ2n) is 8.75. The van der Waals surface area contributed by atoms with E-state index in [2.05, 4.69) is 0 Å². The monoisotopic (exact) mass is 364 g/mol. The molecule has 26 heavy (non-hydrogen) atoms. The number of aliphatic hydroxyl groups is 2. The van der Waals surface area contributed by atoms with E-state index in [1.165, 1.54) is 0 Å². The summed E-state index contributed by atoms with van der Waals surface area (Å²) in [6.45, 7) is 1.08. The molecule has 1 spiro atoms. The zero-order valence-corrected chi connectivity index (χ0v) is 15.0. The Balaban J connectivity index is 1.77. The quantitative estimate of drug-likeness (QED) is 0.783. The molecule has 5 aliphatic rings. The van der Waals surface area contributed by atoms with Crippen LogP contribution in [0.1, 0.15) is 57.3 Å². The van der Waals surface area contributed by atoms with Gasteiger partial charge in [0.1, 0.15) is 6.61 Å². The second kappa shape index (κ2) is 5.49. The highest BCUT2D eigenvalue weighted by atomic mass is 16.6. The molecule has 2 N–H and O–H groups in total. The maximum absolute atomic E-state index is 12.6. The summed E-state index contributed by atoms with van der Waals surface area (Å²) < 4.78 is 42.9. The smallest absolute Gasteiger partial charge is 0.162 e. The Morgan fingerprint density at radius 3 is 3.00 bits per heavy atom. The molecule has 2 bridgehead atoms. The molecule has 3 saturated carbocycles. The largest absolute Gasteiger partial charge is 0.389 e. The third-order valence-corrected chi connectivity index (χ3v) is 7.80. The number of fused-ring (bicyclic) bond motifs is 6. The molecule has 5 rings (SSSR count). The number of ketones is 2. The van der Waals surface area contributed by atoms with Crippen molar-refractivity contribution in [1.82, 2.24) is 0 Å². The van der Waals surface area contributed by atoms with E-state index >= 15 is 0 Å². The van der Waals surface area contributed by atoms with E-state index in [4.69, 9.17) is 7.48 Å². The summed E-state index contributed by atoms with van der Waals surface area (Å²) in [6.07, 6.45) is -2.67. The summed E-state index contributed by atoms with van der Waals surface area (Å²) in [5.41, 5.74) is -1.81. The van der Waals surface area contributed by atoms with E-state index in [9.17, 15) is 22.5 Å². The molecule has 4 aliphatic carbocycles. The van der Waals surface area contributed by atoms with Crippen LogP contribution >= 0.6 is 0 Å². The SMILES string of the molecule is [2H]C1([2H])[C@@]23C(O)O[C@]1([2H])[C@@]1([2H])C(CCC4=CC(=O)CC[C@@]41C)C2CC[C@@H]3C(=O)CO.